The summed E-state index contributed by atoms with van der Waals surface area (Å²) in [5, 5.41) is 0. The zero-order valence-electron chi connectivity index (χ0n) is 10.5. The van der Waals surface area contributed by atoms with Crippen LogP contribution in [0.5, 0.6) is 0 Å². The third-order valence-electron chi connectivity index (χ3n) is 2.85. The van der Waals surface area contributed by atoms with Crippen molar-refractivity contribution in [2.75, 3.05) is 6.26 Å². The molecule has 0 aliphatic heterocycles. The molecule has 0 radical (unpaired) electrons. The van der Waals surface area contributed by atoms with E-state index in [0.717, 1.165) is 18.4 Å². The summed E-state index contributed by atoms with van der Waals surface area (Å²) < 4.78 is 22.9. The van der Waals surface area contributed by atoms with Crippen molar-refractivity contribution < 1.29 is 8.42 Å². The van der Waals surface area contributed by atoms with Gasteiger partial charge in [-0.1, -0.05) is 13.3 Å². The van der Waals surface area contributed by atoms with Crippen LogP contribution >= 0.6 is 0 Å². The Morgan fingerprint density at radius 3 is 2.78 bits per heavy atom. The first-order valence-corrected chi connectivity index (χ1v) is 7.76. The highest BCUT2D eigenvalue weighted by Gasteiger charge is 2.13. The quantitative estimate of drug-likeness (QED) is 0.883. The summed E-state index contributed by atoms with van der Waals surface area (Å²) in [7, 11) is -3.19. The molecule has 18 heavy (non-hydrogen) atoms. The maximum atomic E-state index is 11.5. The van der Waals surface area contributed by atoms with Crippen molar-refractivity contribution in [1.29, 1.82) is 0 Å². The lowest BCUT2D eigenvalue weighted by atomic mass is 10.2. The van der Waals surface area contributed by atoms with Gasteiger partial charge in [-0.05, 0) is 24.6 Å². The van der Waals surface area contributed by atoms with Crippen LogP contribution in [0.2, 0.25) is 0 Å². The summed E-state index contributed by atoms with van der Waals surface area (Å²) in [5.74, 6) is 0.706. The number of nitrogens with one attached hydrogen (secondary N) is 1. The number of fused-ring (bicyclic) bond motifs is 1. The maximum Gasteiger partial charge on any atom is 0.175 e. The molecule has 0 aliphatic carbocycles. The molecule has 0 saturated heterocycles. The van der Waals surface area contributed by atoms with Gasteiger partial charge in [0.2, 0.25) is 0 Å². The summed E-state index contributed by atoms with van der Waals surface area (Å²) in [6.07, 6.45) is 3.01. The molecule has 6 heteroatoms. The van der Waals surface area contributed by atoms with E-state index in [1.165, 1.54) is 6.26 Å². The highest BCUT2D eigenvalue weighted by molar-refractivity contribution is 7.90. The monoisotopic (exact) mass is 267 g/mol. The lowest BCUT2D eigenvalue weighted by Gasteiger charge is -2.04. The normalized spacial score (nSPS) is 13.9. The van der Waals surface area contributed by atoms with Gasteiger partial charge in [-0.3, -0.25) is 0 Å². The Kier molecular flexibility index (Phi) is 3.41. The second kappa shape index (κ2) is 4.70. The van der Waals surface area contributed by atoms with Gasteiger partial charge in [0.1, 0.15) is 5.82 Å². The van der Waals surface area contributed by atoms with Crippen LogP contribution in [-0.2, 0) is 9.84 Å². The number of sulfone groups is 1. The minimum absolute atomic E-state index is 0.135. The topological polar surface area (TPSA) is 88.8 Å². The Morgan fingerprint density at radius 2 is 2.17 bits per heavy atom. The molecule has 1 aromatic carbocycles. The van der Waals surface area contributed by atoms with Crippen molar-refractivity contribution in [3.63, 3.8) is 0 Å². The molecular weight excluding hydrogens is 250 g/mol. The van der Waals surface area contributed by atoms with Crippen LogP contribution < -0.4 is 5.73 Å². The van der Waals surface area contributed by atoms with E-state index in [0.29, 0.717) is 11.3 Å². The number of hydrogen-bond donors (Lipinski definition) is 2. The average Bonchev–Trinajstić information content (AvgIpc) is 2.70. The number of nitrogens with zero attached hydrogens (tertiary/aromatic N) is 1. The number of imidazole rings is 1. The van der Waals surface area contributed by atoms with Crippen molar-refractivity contribution in [3.8, 4) is 0 Å². The number of H-pyrrole nitrogens is 1. The third-order valence-corrected chi connectivity index (χ3v) is 3.96. The van der Waals surface area contributed by atoms with E-state index in [1.54, 1.807) is 18.2 Å². The van der Waals surface area contributed by atoms with Gasteiger partial charge in [-0.15, -0.1) is 0 Å². The second-order valence-corrected chi connectivity index (χ2v) is 6.48. The molecule has 1 aromatic heterocycles. The van der Waals surface area contributed by atoms with E-state index in [-0.39, 0.29) is 10.9 Å². The third kappa shape index (κ3) is 2.54. The van der Waals surface area contributed by atoms with Crippen LogP contribution in [0.1, 0.15) is 31.6 Å². The lowest BCUT2D eigenvalue weighted by molar-refractivity contribution is 0.602. The largest absolute Gasteiger partial charge is 0.341 e. The van der Waals surface area contributed by atoms with Crippen molar-refractivity contribution in [2.45, 2.75) is 30.7 Å². The molecule has 2 rings (SSSR count). The van der Waals surface area contributed by atoms with E-state index < -0.39 is 9.84 Å². The van der Waals surface area contributed by atoms with E-state index >= 15 is 0 Å². The van der Waals surface area contributed by atoms with Gasteiger partial charge in [0.15, 0.2) is 9.84 Å². The summed E-state index contributed by atoms with van der Waals surface area (Å²) >= 11 is 0. The molecule has 0 spiro atoms. The molecule has 1 unspecified atom stereocenters. The standard InChI is InChI=1S/C12H17N3O2S/c1-3-4-9(13)12-14-10-6-5-8(18(2,16)17)7-11(10)15-12/h5-7,9H,3-4,13H2,1-2H3,(H,14,15). The smallest absolute Gasteiger partial charge is 0.175 e. The molecule has 5 nitrogen and oxygen atoms in total. The summed E-state index contributed by atoms with van der Waals surface area (Å²) in [4.78, 5) is 7.76. The maximum absolute atomic E-state index is 11.5. The summed E-state index contributed by atoms with van der Waals surface area (Å²) in [6.45, 7) is 2.06. The summed E-state index contributed by atoms with van der Waals surface area (Å²) in [6, 6.07) is 4.72. The fourth-order valence-corrected chi connectivity index (χ4v) is 2.51. The van der Waals surface area contributed by atoms with Gasteiger partial charge in [-0.2, -0.15) is 0 Å². The lowest BCUT2D eigenvalue weighted by Crippen LogP contribution is -2.11. The minimum atomic E-state index is -3.19. The fourth-order valence-electron chi connectivity index (χ4n) is 1.86. The van der Waals surface area contributed by atoms with Crippen LogP contribution in [0.25, 0.3) is 11.0 Å². The molecule has 0 saturated carbocycles. The van der Waals surface area contributed by atoms with Gasteiger partial charge in [-0.25, -0.2) is 13.4 Å². The summed E-state index contributed by atoms with van der Waals surface area (Å²) in [5.41, 5.74) is 7.43. The molecule has 3 N–H and O–H groups in total. The molecule has 0 aliphatic rings. The van der Waals surface area contributed by atoms with E-state index in [4.69, 9.17) is 5.73 Å². The molecular formula is C12H17N3O2S. The molecule has 2 aromatic rings. The van der Waals surface area contributed by atoms with Crippen LogP contribution in [-0.4, -0.2) is 24.6 Å². The Balaban J connectivity index is 2.46. The number of rotatable bonds is 4. The molecule has 0 amide bonds. The van der Waals surface area contributed by atoms with Gasteiger partial charge < -0.3 is 10.7 Å². The Bertz CT molecular complexity index is 661. The molecule has 0 fully saturated rings. The van der Waals surface area contributed by atoms with E-state index in [2.05, 4.69) is 16.9 Å². The van der Waals surface area contributed by atoms with Crippen molar-refractivity contribution in [2.24, 2.45) is 5.73 Å². The van der Waals surface area contributed by atoms with Crippen molar-refractivity contribution in [3.05, 3.63) is 24.0 Å². The predicted molar refractivity (Wildman–Crippen MR) is 71.0 cm³/mol. The zero-order chi connectivity index (χ0) is 13.3. The second-order valence-electron chi connectivity index (χ2n) is 4.47. The first-order chi connectivity index (χ1) is 8.41. The van der Waals surface area contributed by atoms with Gasteiger partial charge >= 0.3 is 0 Å². The van der Waals surface area contributed by atoms with Crippen LogP contribution in [0.3, 0.4) is 0 Å². The van der Waals surface area contributed by atoms with Crippen LogP contribution in [0, 0.1) is 0 Å². The zero-order valence-corrected chi connectivity index (χ0v) is 11.3. The van der Waals surface area contributed by atoms with Gasteiger partial charge in [0.05, 0.1) is 22.0 Å². The molecule has 1 heterocycles. The van der Waals surface area contributed by atoms with Crippen LogP contribution in [0.4, 0.5) is 0 Å². The van der Waals surface area contributed by atoms with Crippen molar-refractivity contribution >= 4 is 20.9 Å². The first kappa shape index (κ1) is 13.0. The van der Waals surface area contributed by atoms with E-state index in [9.17, 15) is 8.42 Å². The molecule has 0 bridgehead atoms. The molecule has 1 atom stereocenters. The highest BCUT2D eigenvalue weighted by Crippen LogP contribution is 2.20. The minimum Gasteiger partial charge on any atom is -0.341 e. The fraction of sp³-hybridized carbons (Fsp3) is 0.417. The number of benzene rings is 1. The molecule has 98 valence electrons. The average molecular weight is 267 g/mol. The highest BCUT2D eigenvalue weighted by atomic mass is 32.2. The number of nitrogens with two attached hydrogens (primary N) is 1. The van der Waals surface area contributed by atoms with Gasteiger partial charge in [0.25, 0.3) is 0 Å². The number of aromatic nitrogens is 2. The Morgan fingerprint density at radius 1 is 1.44 bits per heavy atom. The Hall–Kier alpha value is -1.40. The Labute approximate surface area is 106 Å². The number of aromatic amines is 1. The SMILES string of the molecule is CCCC(N)c1nc2ccc(S(C)(=O)=O)cc2[nH]1. The van der Waals surface area contributed by atoms with Crippen molar-refractivity contribution in [1.82, 2.24) is 9.97 Å². The van der Waals surface area contributed by atoms with E-state index in [1.807, 2.05) is 0 Å². The number of hydrogen-bond acceptors (Lipinski definition) is 4. The predicted octanol–water partition coefficient (Wildman–Crippen LogP) is 1.77. The van der Waals surface area contributed by atoms with Crippen LogP contribution in [0.15, 0.2) is 23.1 Å². The van der Waals surface area contributed by atoms with Gasteiger partial charge in [0, 0.05) is 6.26 Å². The first-order valence-electron chi connectivity index (χ1n) is 5.87.